The van der Waals surface area contributed by atoms with E-state index in [-0.39, 0.29) is 39.3 Å². The van der Waals surface area contributed by atoms with Gasteiger partial charge in [-0.05, 0) is 32.6 Å². The summed E-state index contributed by atoms with van der Waals surface area (Å²) in [5, 5.41) is 5.82. The van der Waals surface area contributed by atoms with Crippen molar-refractivity contribution in [3.8, 4) is 0 Å². The van der Waals surface area contributed by atoms with Gasteiger partial charge in [0, 0.05) is 21.4 Å². The average molecular weight is 411 g/mol. The number of amides is 2. The molecule has 0 rings (SSSR count). The summed E-state index contributed by atoms with van der Waals surface area (Å²) in [7, 11) is 0. The molecule has 0 fully saturated rings. The Labute approximate surface area is 175 Å². The van der Waals surface area contributed by atoms with E-state index >= 15 is 0 Å². The van der Waals surface area contributed by atoms with Crippen molar-refractivity contribution in [2.45, 2.75) is 99.3 Å². The maximum atomic E-state index is 12.7. The largest absolute Gasteiger partial charge is 0.444 e. The van der Waals surface area contributed by atoms with Crippen LogP contribution in [0, 0.1) is 17.8 Å². The molecule has 2 unspecified atom stereocenters. The van der Waals surface area contributed by atoms with Gasteiger partial charge in [-0.15, -0.1) is 0 Å². The average Bonchev–Trinajstić information content (AvgIpc) is 2.41. The topological polar surface area (TPSA) is 67.4 Å². The van der Waals surface area contributed by atoms with Gasteiger partial charge in [0.05, 0.1) is 0 Å². The van der Waals surface area contributed by atoms with Crippen LogP contribution in [0.4, 0.5) is 4.79 Å². The van der Waals surface area contributed by atoms with Crippen molar-refractivity contribution >= 4 is 12.0 Å². The molecule has 0 aromatic rings. The molecular weight excluding hydrogens is 367 g/mol. The summed E-state index contributed by atoms with van der Waals surface area (Å²) in [4.78, 5) is 24.8. The SMILES string of the molecule is CCCC(C)CC(NC(=O)[C@@H](NC(=O)OC(C)(C)C)C(C)C)[C-](C)C.[HH].[HH].[V]. The summed E-state index contributed by atoms with van der Waals surface area (Å²) in [6.45, 7) is 17.7. The van der Waals surface area contributed by atoms with E-state index in [9.17, 15) is 9.59 Å². The molecule has 0 aliphatic heterocycles. The summed E-state index contributed by atoms with van der Waals surface area (Å²) in [5.41, 5.74) is -0.589. The van der Waals surface area contributed by atoms with Crippen LogP contribution >= 0.6 is 0 Å². The number of carbonyl (C=O) groups is 2. The maximum absolute atomic E-state index is 12.7. The van der Waals surface area contributed by atoms with E-state index < -0.39 is 17.7 Å². The molecule has 0 aliphatic carbocycles. The zero-order valence-electron chi connectivity index (χ0n) is 18.1. The molecule has 0 heterocycles. The van der Waals surface area contributed by atoms with Crippen LogP contribution in [0.3, 0.4) is 0 Å². The minimum absolute atomic E-state index is 0. The number of carbonyl (C=O) groups excluding carboxylic acids is 2. The van der Waals surface area contributed by atoms with Crippen LogP contribution in [0.15, 0.2) is 0 Å². The molecule has 0 saturated heterocycles. The smallest absolute Gasteiger partial charge is 0.408 e. The Balaban J connectivity index is -0.000000960. The van der Waals surface area contributed by atoms with Gasteiger partial charge in [0.1, 0.15) is 11.6 Å². The van der Waals surface area contributed by atoms with Crippen LogP contribution in [0.25, 0.3) is 0 Å². The number of alkyl carbamates (subject to hydrolysis) is 1. The monoisotopic (exact) mass is 410 g/mol. The molecule has 0 aromatic carbocycles. The summed E-state index contributed by atoms with van der Waals surface area (Å²) >= 11 is 0. The van der Waals surface area contributed by atoms with Crippen LogP contribution < -0.4 is 10.6 Å². The first-order valence-electron chi connectivity index (χ1n) is 9.47. The molecule has 0 bridgehead atoms. The minimum Gasteiger partial charge on any atom is -0.444 e. The zero-order valence-corrected chi connectivity index (χ0v) is 19.5. The van der Waals surface area contributed by atoms with Gasteiger partial charge in [-0.2, -0.15) is 13.8 Å². The number of nitrogens with one attached hydrogen (secondary N) is 2. The normalized spacial score (nSPS) is 15.0. The van der Waals surface area contributed by atoms with Gasteiger partial charge in [0.2, 0.25) is 5.91 Å². The van der Waals surface area contributed by atoms with Gasteiger partial charge >= 0.3 is 6.09 Å². The van der Waals surface area contributed by atoms with Crippen molar-refractivity contribution in [2.75, 3.05) is 0 Å². The number of hydrogen-bond acceptors (Lipinski definition) is 3. The van der Waals surface area contributed by atoms with Crippen molar-refractivity contribution in [3.05, 3.63) is 5.92 Å². The summed E-state index contributed by atoms with van der Waals surface area (Å²) in [6, 6.07) is -0.589. The second-order valence-corrected chi connectivity index (χ2v) is 8.64. The second kappa shape index (κ2) is 12.7. The fraction of sp³-hybridized carbons (Fsp3) is 0.850. The van der Waals surface area contributed by atoms with E-state index in [1.807, 2.05) is 27.7 Å². The van der Waals surface area contributed by atoms with Crippen molar-refractivity contribution in [1.29, 1.82) is 0 Å². The second-order valence-electron chi connectivity index (χ2n) is 8.64. The van der Waals surface area contributed by atoms with E-state index in [4.69, 9.17) is 4.74 Å². The Hall–Kier alpha value is -0.676. The molecule has 26 heavy (non-hydrogen) atoms. The van der Waals surface area contributed by atoms with Crippen LogP contribution in [-0.2, 0) is 28.1 Å². The Bertz CT molecular complexity index is 430. The molecule has 1 radical (unpaired) electrons. The summed E-state index contributed by atoms with van der Waals surface area (Å²) < 4.78 is 5.28. The van der Waals surface area contributed by atoms with Gasteiger partial charge < -0.3 is 15.4 Å². The molecular formula is C20H43N2O3V-. The minimum atomic E-state index is -0.613. The first-order chi connectivity index (χ1) is 11.4. The molecule has 2 amide bonds. The molecule has 0 aromatic heterocycles. The van der Waals surface area contributed by atoms with E-state index in [0.717, 1.165) is 19.3 Å². The number of rotatable bonds is 9. The molecule has 3 atom stereocenters. The van der Waals surface area contributed by atoms with Gasteiger partial charge in [0.25, 0.3) is 0 Å². The number of hydrogen-bond donors (Lipinski definition) is 2. The number of ether oxygens (including phenoxy) is 1. The van der Waals surface area contributed by atoms with Gasteiger partial charge in [-0.25, -0.2) is 4.79 Å². The van der Waals surface area contributed by atoms with Gasteiger partial charge in [-0.3, -0.25) is 10.7 Å². The van der Waals surface area contributed by atoms with E-state index in [1.54, 1.807) is 20.8 Å². The van der Waals surface area contributed by atoms with E-state index in [0.29, 0.717) is 5.92 Å². The van der Waals surface area contributed by atoms with Crippen molar-refractivity contribution < 1.29 is 35.7 Å². The van der Waals surface area contributed by atoms with Gasteiger partial charge in [0.15, 0.2) is 0 Å². The first kappa shape index (κ1) is 27.5. The quantitative estimate of drug-likeness (QED) is 0.529. The molecule has 0 saturated carbocycles. The van der Waals surface area contributed by atoms with Crippen LogP contribution in [0.1, 0.15) is 84.4 Å². The molecule has 0 aliphatic rings. The fourth-order valence-electron chi connectivity index (χ4n) is 2.68. The van der Waals surface area contributed by atoms with Crippen molar-refractivity contribution in [3.63, 3.8) is 0 Å². The molecule has 6 heteroatoms. The Morgan fingerprint density at radius 1 is 1.12 bits per heavy atom. The Kier molecular flexibility index (Phi) is 13.4. The third-order valence-electron chi connectivity index (χ3n) is 4.05. The molecule has 157 valence electrons. The van der Waals surface area contributed by atoms with Crippen LogP contribution in [0.5, 0.6) is 0 Å². The summed E-state index contributed by atoms with van der Waals surface area (Å²) in [5.74, 6) is 1.53. The van der Waals surface area contributed by atoms with Crippen LogP contribution in [-0.4, -0.2) is 29.7 Å². The predicted molar refractivity (Wildman–Crippen MR) is 107 cm³/mol. The third kappa shape index (κ3) is 11.8. The van der Waals surface area contributed by atoms with E-state index in [2.05, 4.69) is 24.5 Å². The Morgan fingerprint density at radius 3 is 2.04 bits per heavy atom. The molecule has 0 spiro atoms. The first-order valence-corrected chi connectivity index (χ1v) is 9.47. The predicted octanol–water partition coefficient (Wildman–Crippen LogP) is 4.95. The van der Waals surface area contributed by atoms with Gasteiger partial charge in [-0.1, -0.05) is 53.0 Å². The van der Waals surface area contributed by atoms with Crippen molar-refractivity contribution in [2.24, 2.45) is 11.8 Å². The fourth-order valence-corrected chi connectivity index (χ4v) is 2.68. The summed E-state index contributed by atoms with van der Waals surface area (Å²) in [6.07, 6.45) is 2.64. The van der Waals surface area contributed by atoms with Crippen molar-refractivity contribution in [1.82, 2.24) is 10.6 Å². The maximum Gasteiger partial charge on any atom is 0.408 e. The standard InChI is InChI=1S/C20H39N2O3.V.2H2/c1-10-11-15(6)12-16(13(2)3)21-18(23)17(14(4)5)22-19(24)25-20(7,8)9;;;/h14-17H,10-12H2,1-9H3,(H,21,23)(H,22,24);;2*1H/q-1;;;/t15?,16?,17-;;;/m0.../s1. The molecule has 2 N–H and O–H groups in total. The zero-order chi connectivity index (χ0) is 19.8. The van der Waals surface area contributed by atoms with Crippen LogP contribution in [0.2, 0.25) is 0 Å². The Morgan fingerprint density at radius 2 is 1.65 bits per heavy atom. The molecule has 5 nitrogen and oxygen atoms in total. The third-order valence-corrected chi connectivity index (χ3v) is 4.05. The van der Waals surface area contributed by atoms with E-state index in [1.165, 1.54) is 5.92 Å².